The molecule has 1 aliphatic heterocycles. The lowest BCUT2D eigenvalue weighted by atomic mass is 10.3. The molecule has 0 spiro atoms. The monoisotopic (exact) mass is 315 g/mol. The van der Waals surface area contributed by atoms with E-state index >= 15 is 0 Å². The van der Waals surface area contributed by atoms with Crippen LogP contribution in [-0.2, 0) is 5.75 Å². The molecule has 0 amide bonds. The predicted octanol–water partition coefficient (Wildman–Crippen LogP) is 4.00. The van der Waals surface area contributed by atoms with Crippen molar-refractivity contribution in [2.75, 3.05) is 13.2 Å². The van der Waals surface area contributed by atoms with E-state index in [2.05, 4.69) is 5.16 Å². The number of ether oxygens (including phenoxy) is 2. The lowest BCUT2D eigenvalue weighted by Gasteiger charge is -2.18. The molecular weight excluding hydrogens is 302 g/mol. The highest BCUT2D eigenvalue weighted by molar-refractivity contribution is 7.98. The molecule has 0 unspecified atom stereocenters. The number of benzene rings is 1. The fraction of sp³-hybridized carbons (Fsp3) is 0.188. The van der Waals surface area contributed by atoms with E-state index in [0.717, 1.165) is 22.1 Å². The molecule has 3 aromatic rings. The van der Waals surface area contributed by atoms with Crippen molar-refractivity contribution in [3.8, 4) is 23.0 Å². The van der Waals surface area contributed by atoms with E-state index in [-0.39, 0.29) is 0 Å². The third-order valence-corrected chi connectivity index (χ3v) is 4.25. The molecule has 4 rings (SSSR count). The number of thioether (sulfide) groups is 1. The first-order valence-corrected chi connectivity index (χ1v) is 7.89. The van der Waals surface area contributed by atoms with Gasteiger partial charge in [0.1, 0.15) is 13.2 Å². The van der Waals surface area contributed by atoms with Gasteiger partial charge in [-0.05, 0) is 30.3 Å². The van der Waals surface area contributed by atoms with Crippen LogP contribution in [0.15, 0.2) is 56.5 Å². The first-order valence-electron chi connectivity index (χ1n) is 6.90. The zero-order valence-electron chi connectivity index (χ0n) is 11.7. The Balaban J connectivity index is 1.44. The minimum atomic E-state index is 0.594. The Morgan fingerprint density at radius 3 is 2.77 bits per heavy atom. The number of furan rings is 1. The highest BCUT2D eigenvalue weighted by atomic mass is 32.2. The van der Waals surface area contributed by atoms with E-state index in [9.17, 15) is 0 Å². The van der Waals surface area contributed by atoms with Crippen LogP contribution >= 0.6 is 11.8 Å². The zero-order chi connectivity index (χ0) is 14.8. The second-order valence-corrected chi connectivity index (χ2v) is 5.80. The van der Waals surface area contributed by atoms with Gasteiger partial charge in [0, 0.05) is 16.7 Å². The summed E-state index contributed by atoms with van der Waals surface area (Å²) in [4.78, 5) is 1.10. The predicted molar refractivity (Wildman–Crippen MR) is 81.2 cm³/mol. The number of fused-ring (bicyclic) bond motifs is 1. The van der Waals surface area contributed by atoms with Gasteiger partial charge >= 0.3 is 0 Å². The molecule has 0 bridgehead atoms. The topological polar surface area (TPSA) is 57.6 Å². The summed E-state index contributed by atoms with van der Waals surface area (Å²) in [5, 5.41) is 4.06. The Morgan fingerprint density at radius 2 is 1.91 bits per heavy atom. The second-order valence-electron chi connectivity index (χ2n) is 4.75. The Morgan fingerprint density at radius 1 is 1.00 bits per heavy atom. The van der Waals surface area contributed by atoms with E-state index in [1.807, 2.05) is 36.4 Å². The summed E-state index contributed by atoms with van der Waals surface area (Å²) in [5.41, 5.74) is 0.867. The first kappa shape index (κ1) is 13.3. The van der Waals surface area contributed by atoms with Crippen LogP contribution in [0.4, 0.5) is 0 Å². The molecule has 6 heteroatoms. The highest BCUT2D eigenvalue weighted by Crippen LogP contribution is 2.35. The minimum Gasteiger partial charge on any atom is -0.486 e. The van der Waals surface area contributed by atoms with Gasteiger partial charge < -0.3 is 18.4 Å². The van der Waals surface area contributed by atoms with Gasteiger partial charge in [-0.1, -0.05) is 5.16 Å². The lowest BCUT2D eigenvalue weighted by Crippen LogP contribution is -2.15. The standard InChI is InChI=1S/C16H13NO4S/c1-2-13(18-5-1)16-8-11(17-21-16)10-22-12-3-4-14-15(9-12)20-7-6-19-14/h1-5,8-9H,6-7,10H2. The average molecular weight is 315 g/mol. The summed E-state index contributed by atoms with van der Waals surface area (Å²) in [5.74, 6) is 3.64. The fourth-order valence-electron chi connectivity index (χ4n) is 2.19. The summed E-state index contributed by atoms with van der Waals surface area (Å²) in [6.45, 7) is 1.20. The smallest absolute Gasteiger partial charge is 0.202 e. The van der Waals surface area contributed by atoms with Gasteiger partial charge in [-0.2, -0.15) is 0 Å². The van der Waals surface area contributed by atoms with Crippen molar-refractivity contribution < 1.29 is 18.4 Å². The summed E-state index contributed by atoms with van der Waals surface area (Å²) >= 11 is 1.67. The lowest BCUT2D eigenvalue weighted by molar-refractivity contribution is 0.171. The van der Waals surface area contributed by atoms with Gasteiger partial charge in [-0.15, -0.1) is 11.8 Å². The van der Waals surface area contributed by atoms with Crippen LogP contribution in [-0.4, -0.2) is 18.4 Å². The molecule has 3 heterocycles. The van der Waals surface area contributed by atoms with Gasteiger partial charge in [-0.3, -0.25) is 0 Å². The largest absolute Gasteiger partial charge is 0.486 e. The molecule has 0 saturated heterocycles. The maximum absolute atomic E-state index is 5.58. The van der Waals surface area contributed by atoms with Crippen molar-refractivity contribution in [1.82, 2.24) is 5.16 Å². The van der Waals surface area contributed by atoms with Gasteiger partial charge in [0.2, 0.25) is 5.76 Å². The molecule has 0 fully saturated rings. The highest BCUT2D eigenvalue weighted by Gasteiger charge is 2.13. The van der Waals surface area contributed by atoms with Gasteiger partial charge in [0.05, 0.1) is 12.0 Å². The van der Waals surface area contributed by atoms with Crippen LogP contribution in [0.2, 0.25) is 0 Å². The van der Waals surface area contributed by atoms with Crippen LogP contribution in [0.25, 0.3) is 11.5 Å². The molecule has 112 valence electrons. The number of nitrogens with zero attached hydrogens (tertiary/aromatic N) is 1. The zero-order valence-corrected chi connectivity index (χ0v) is 12.5. The van der Waals surface area contributed by atoms with Crippen molar-refractivity contribution in [1.29, 1.82) is 0 Å². The molecule has 0 aliphatic carbocycles. The van der Waals surface area contributed by atoms with Crippen LogP contribution < -0.4 is 9.47 Å². The van der Waals surface area contributed by atoms with E-state index in [4.69, 9.17) is 18.4 Å². The van der Waals surface area contributed by atoms with Crippen LogP contribution in [0.5, 0.6) is 11.5 Å². The maximum atomic E-state index is 5.58. The van der Waals surface area contributed by atoms with Crippen molar-refractivity contribution in [3.63, 3.8) is 0 Å². The van der Waals surface area contributed by atoms with Crippen LogP contribution in [0.3, 0.4) is 0 Å². The minimum absolute atomic E-state index is 0.594. The van der Waals surface area contributed by atoms with Gasteiger partial charge in [0.25, 0.3) is 0 Å². The van der Waals surface area contributed by atoms with Crippen LogP contribution in [0.1, 0.15) is 5.69 Å². The molecule has 1 aliphatic rings. The Hall–Kier alpha value is -2.34. The number of rotatable bonds is 4. The van der Waals surface area contributed by atoms with E-state index < -0.39 is 0 Å². The average Bonchev–Trinajstić information content (AvgIpc) is 3.24. The van der Waals surface area contributed by atoms with Crippen molar-refractivity contribution >= 4 is 11.8 Å². The molecule has 0 atom stereocenters. The van der Waals surface area contributed by atoms with E-state index in [1.54, 1.807) is 18.0 Å². The Labute approximate surface area is 131 Å². The molecule has 1 aromatic carbocycles. The SMILES string of the molecule is c1coc(-c2cc(CSc3ccc4c(c3)OCCO4)no2)c1. The number of hydrogen-bond acceptors (Lipinski definition) is 6. The normalized spacial score (nSPS) is 13.3. The quantitative estimate of drug-likeness (QED) is 0.678. The number of aromatic nitrogens is 1. The molecule has 0 radical (unpaired) electrons. The van der Waals surface area contributed by atoms with E-state index in [0.29, 0.717) is 30.5 Å². The van der Waals surface area contributed by atoms with Gasteiger partial charge in [0.15, 0.2) is 17.3 Å². The second kappa shape index (κ2) is 5.81. The maximum Gasteiger partial charge on any atom is 0.202 e. The molecule has 0 N–H and O–H groups in total. The van der Waals surface area contributed by atoms with E-state index in [1.165, 1.54) is 0 Å². The van der Waals surface area contributed by atoms with Gasteiger partial charge in [-0.25, -0.2) is 0 Å². The Bertz CT molecular complexity index is 766. The molecule has 5 nitrogen and oxygen atoms in total. The Kier molecular flexibility index (Phi) is 3.52. The summed E-state index contributed by atoms with van der Waals surface area (Å²) in [6, 6.07) is 11.5. The molecule has 22 heavy (non-hydrogen) atoms. The van der Waals surface area contributed by atoms with Crippen molar-refractivity contribution in [2.24, 2.45) is 0 Å². The number of hydrogen-bond donors (Lipinski definition) is 0. The first-order chi connectivity index (χ1) is 10.9. The molecule has 0 saturated carbocycles. The molecule has 2 aromatic heterocycles. The molecular formula is C16H13NO4S. The fourth-order valence-corrected chi connectivity index (χ4v) is 2.99. The summed E-state index contributed by atoms with van der Waals surface area (Å²) < 4.78 is 21.7. The van der Waals surface area contributed by atoms with Crippen molar-refractivity contribution in [2.45, 2.75) is 10.6 Å². The van der Waals surface area contributed by atoms with Crippen molar-refractivity contribution in [3.05, 3.63) is 48.4 Å². The summed E-state index contributed by atoms with van der Waals surface area (Å²) in [6.07, 6.45) is 1.61. The summed E-state index contributed by atoms with van der Waals surface area (Å²) in [7, 11) is 0. The van der Waals surface area contributed by atoms with Crippen LogP contribution in [0, 0.1) is 0 Å². The third kappa shape index (κ3) is 2.69. The third-order valence-electron chi connectivity index (χ3n) is 3.22.